The molecule has 1 N–H and O–H groups in total. The van der Waals surface area contributed by atoms with Gasteiger partial charge in [-0.2, -0.15) is 0 Å². The Bertz CT molecular complexity index is 866. The van der Waals surface area contributed by atoms with Gasteiger partial charge < -0.3 is 10.1 Å². The summed E-state index contributed by atoms with van der Waals surface area (Å²) in [5, 5.41) is 11.5. The van der Waals surface area contributed by atoms with Gasteiger partial charge >= 0.3 is 0 Å². The van der Waals surface area contributed by atoms with E-state index >= 15 is 0 Å². The first-order chi connectivity index (χ1) is 12.3. The zero-order chi connectivity index (χ0) is 18.9. The molecule has 2 heterocycles. The van der Waals surface area contributed by atoms with E-state index in [0.29, 0.717) is 29.3 Å². The molecule has 0 saturated carbocycles. The maximum absolute atomic E-state index is 12.9. The molecule has 0 fully saturated rings. The summed E-state index contributed by atoms with van der Waals surface area (Å²) in [5.41, 5.74) is 1.14. The number of fused-ring (bicyclic) bond motifs is 3. The highest BCUT2D eigenvalue weighted by Gasteiger charge is 2.32. The second-order valence-corrected chi connectivity index (χ2v) is 8.97. The third-order valence-corrected chi connectivity index (χ3v) is 6.22. The molecule has 0 saturated heterocycles. The lowest BCUT2D eigenvalue weighted by Crippen LogP contribution is -2.35. The molecule has 0 aromatic carbocycles. The van der Waals surface area contributed by atoms with Gasteiger partial charge in [0, 0.05) is 18.5 Å². The highest BCUT2D eigenvalue weighted by Crippen LogP contribution is 2.41. The molecule has 8 heteroatoms. The molecule has 0 bridgehead atoms. The predicted molar refractivity (Wildman–Crippen MR) is 102 cm³/mol. The molecule has 3 rings (SSSR count). The fourth-order valence-corrected chi connectivity index (χ4v) is 4.69. The zero-order valence-electron chi connectivity index (χ0n) is 15.8. The number of aromatic nitrogens is 3. The number of nitrogens with zero attached hydrogens (tertiary/aromatic N) is 3. The number of amides is 1. The number of nitrogens with one attached hydrogen (secondary N) is 1. The number of carbonyl (C=O) groups excluding carboxylic acids is 1. The second kappa shape index (κ2) is 7.44. The molecule has 0 spiro atoms. The molecule has 2 aromatic rings. The van der Waals surface area contributed by atoms with E-state index in [9.17, 15) is 9.59 Å². The van der Waals surface area contributed by atoms with E-state index in [0.717, 1.165) is 29.5 Å². The van der Waals surface area contributed by atoms with Crippen LogP contribution in [0.15, 0.2) is 4.79 Å². The number of carbonyl (C=O) groups is 1. The standard InChI is InChI=1S/C18H26N4O3S/c1-18(2,3)11-5-6-12-13(9-11)26-16-15(12)17(24)22(21-20-16)10-14(23)19-7-8-25-4/h11H,5-10H2,1-4H3,(H,19,23)/t11-/m1/s1. The fourth-order valence-electron chi connectivity index (χ4n) is 3.45. The van der Waals surface area contributed by atoms with Crippen LogP contribution >= 0.6 is 11.3 Å². The van der Waals surface area contributed by atoms with Gasteiger partial charge in [-0.05, 0) is 36.2 Å². The van der Waals surface area contributed by atoms with E-state index in [4.69, 9.17) is 4.74 Å². The molecule has 26 heavy (non-hydrogen) atoms. The number of rotatable bonds is 5. The van der Waals surface area contributed by atoms with Gasteiger partial charge in [0.05, 0.1) is 12.0 Å². The molecule has 0 unspecified atom stereocenters. The fraction of sp³-hybridized carbons (Fsp3) is 0.667. The van der Waals surface area contributed by atoms with Crippen molar-refractivity contribution in [3.8, 4) is 0 Å². The number of aryl methyl sites for hydroxylation is 1. The molecule has 0 radical (unpaired) electrons. The normalized spacial score (nSPS) is 17.3. The quantitative estimate of drug-likeness (QED) is 0.802. The molecule has 142 valence electrons. The summed E-state index contributed by atoms with van der Waals surface area (Å²) in [6.45, 7) is 7.52. The van der Waals surface area contributed by atoms with Crippen molar-refractivity contribution in [2.75, 3.05) is 20.3 Å². The van der Waals surface area contributed by atoms with Gasteiger partial charge in [-0.3, -0.25) is 9.59 Å². The molecule has 2 aromatic heterocycles. The molecule has 1 atom stereocenters. The monoisotopic (exact) mass is 378 g/mol. The van der Waals surface area contributed by atoms with Crippen LogP contribution in [0.4, 0.5) is 0 Å². The first-order valence-electron chi connectivity index (χ1n) is 8.95. The summed E-state index contributed by atoms with van der Waals surface area (Å²) in [6.07, 6.45) is 2.94. The van der Waals surface area contributed by atoms with Crippen LogP contribution in [-0.4, -0.2) is 41.2 Å². The third-order valence-electron chi connectivity index (χ3n) is 5.08. The lowest BCUT2D eigenvalue weighted by molar-refractivity contribution is -0.122. The summed E-state index contributed by atoms with van der Waals surface area (Å²) < 4.78 is 6.06. The zero-order valence-corrected chi connectivity index (χ0v) is 16.6. The van der Waals surface area contributed by atoms with E-state index < -0.39 is 0 Å². The van der Waals surface area contributed by atoms with Crippen LogP contribution < -0.4 is 10.9 Å². The number of methoxy groups -OCH3 is 1. The molecule has 1 aliphatic rings. The van der Waals surface area contributed by atoms with Crippen molar-refractivity contribution in [1.29, 1.82) is 0 Å². The van der Waals surface area contributed by atoms with E-state index in [1.54, 1.807) is 18.4 Å². The SMILES string of the molecule is COCCNC(=O)Cn1nnc2sc3c(c2c1=O)CC[C@@H](C(C)(C)C)C3. The van der Waals surface area contributed by atoms with Crippen LogP contribution in [-0.2, 0) is 28.9 Å². The van der Waals surface area contributed by atoms with E-state index in [-0.39, 0.29) is 23.4 Å². The van der Waals surface area contributed by atoms with Crippen molar-refractivity contribution in [2.24, 2.45) is 11.3 Å². The van der Waals surface area contributed by atoms with Gasteiger partial charge in [0.2, 0.25) is 5.91 Å². The average molecular weight is 378 g/mol. The summed E-state index contributed by atoms with van der Waals surface area (Å²) in [4.78, 5) is 26.8. The summed E-state index contributed by atoms with van der Waals surface area (Å²) in [6, 6.07) is 0. The van der Waals surface area contributed by atoms with Crippen molar-refractivity contribution in [2.45, 2.75) is 46.6 Å². The van der Waals surface area contributed by atoms with Crippen LogP contribution in [0.2, 0.25) is 0 Å². The molecular weight excluding hydrogens is 352 g/mol. The smallest absolute Gasteiger partial charge is 0.279 e. The van der Waals surface area contributed by atoms with Gasteiger partial charge in [0.25, 0.3) is 5.56 Å². The number of hydrogen-bond acceptors (Lipinski definition) is 6. The third kappa shape index (κ3) is 3.81. The van der Waals surface area contributed by atoms with Gasteiger partial charge in [0.15, 0.2) is 4.83 Å². The second-order valence-electron chi connectivity index (χ2n) is 7.88. The van der Waals surface area contributed by atoms with Crippen LogP contribution in [0.3, 0.4) is 0 Å². The highest BCUT2D eigenvalue weighted by atomic mass is 32.1. The summed E-state index contributed by atoms with van der Waals surface area (Å²) in [5.74, 6) is 0.333. The van der Waals surface area contributed by atoms with Crippen LogP contribution in [0.5, 0.6) is 0 Å². The molecule has 1 aliphatic carbocycles. The van der Waals surface area contributed by atoms with Crippen molar-refractivity contribution >= 4 is 27.5 Å². The number of hydrogen-bond donors (Lipinski definition) is 1. The van der Waals surface area contributed by atoms with Crippen molar-refractivity contribution in [3.05, 3.63) is 20.8 Å². The van der Waals surface area contributed by atoms with Crippen LogP contribution in [0, 0.1) is 11.3 Å². The number of thiophene rings is 1. The van der Waals surface area contributed by atoms with Gasteiger partial charge in [0.1, 0.15) is 6.54 Å². The maximum atomic E-state index is 12.9. The minimum Gasteiger partial charge on any atom is -0.383 e. The van der Waals surface area contributed by atoms with Crippen LogP contribution in [0.25, 0.3) is 10.2 Å². The number of ether oxygens (including phenoxy) is 1. The van der Waals surface area contributed by atoms with Gasteiger partial charge in [-0.25, -0.2) is 4.68 Å². The average Bonchev–Trinajstić information content (AvgIpc) is 2.95. The Labute approximate surface area is 156 Å². The van der Waals surface area contributed by atoms with Crippen molar-refractivity contribution in [1.82, 2.24) is 20.3 Å². The Morgan fingerprint density at radius 1 is 1.42 bits per heavy atom. The largest absolute Gasteiger partial charge is 0.383 e. The Balaban J connectivity index is 1.86. The van der Waals surface area contributed by atoms with E-state index in [1.807, 2.05) is 0 Å². The maximum Gasteiger partial charge on any atom is 0.279 e. The summed E-state index contributed by atoms with van der Waals surface area (Å²) >= 11 is 1.57. The lowest BCUT2D eigenvalue weighted by Gasteiger charge is -2.33. The Kier molecular flexibility index (Phi) is 5.43. The van der Waals surface area contributed by atoms with Crippen molar-refractivity contribution < 1.29 is 9.53 Å². The molecule has 1 amide bonds. The highest BCUT2D eigenvalue weighted by molar-refractivity contribution is 7.18. The predicted octanol–water partition coefficient (Wildman–Crippen LogP) is 1.77. The topological polar surface area (TPSA) is 86.1 Å². The van der Waals surface area contributed by atoms with Gasteiger partial charge in [-0.15, -0.1) is 16.4 Å². The Morgan fingerprint density at radius 3 is 2.88 bits per heavy atom. The first-order valence-corrected chi connectivity index (χ1v) is 9.76. The molecule has 7 nitrogen and oxygen atoms in total. The minimum absolute atomic E-state index is 0.124. The Morgan fingerprint density at radius 2 is 2.19 bits per heavy atom. The molecular formula is C18H26N4O3S. The Hall–Kier alpha value is -1.80. The summed E-state index contributed by atoms with van der Waals surface area (Å²) in [7, 11) is 1.57. The minimum atomic E-state index is -0.269. The van der Waals surface area contributed by atoms with E-state index in [1.165, 1.54) is 4.88 Å². The van der Waals surface area contributed by atoms with E-state index in [2.05, 4.69) is 36.4 Å². The van der Waals surface area contributed by atoms with Crippen LogP contribution in [0.1, 0.15) is 37.6 Å². The lowest BCUT2D eigenvalue weighted by atomic mass is 9.72. The first kappa shape index (κ1) is 19.0. The van der Waals surface area contributed by atoms with Gasteiger partial charge in [-0.1, -0.05) is 26.0 Å². The van der Waals surface area contributed by atoms with Crippen molar-refractivity contribution in [3.63, 3.8) is 0 Å². The molecule has 0 aliphatic heterocycles.